The highest BCUT2D eigenvalue weighted by Crippen LogP contribution is 2.15. The maximum atomic E-state index is 10.7. The maximum absolute atomic E-state index is 10.7. The van der Waals surface area contributed by atoms with Crippen LogP contribution in [0.4, 0.5) is 5.69 Å². The summed E-state index contributed by atoms with van der Waals surface area (Å²) in [6, 6.07) is 6.50. The van der Waals surface area contributed by atoms with Gasteiger partial charge < -0.3 is 9.73 Å². The first-order valence-corrected chi connectivity index (χ1v) is 5.95. The van der Waals surface area contributed by atoms with Crippen molar-refractivity contribution in [1.82, 2.24) is 10.3 Å². The Kier molecular flexibility index (Phi) is 3.91. The van der Waals surface area contributed by atoms with Gasteiger partial charge in [-0.2, -0.15) is 0 Å². The fraction of sp³-hybridized carbons (Fsp3) is 0.308. The summed E-state index contributed by atoms with van der Waals surface area (Å²) in [6.07, 6.45) is 1.67. The normalized spacial score (nSPS) is 12.3. The Balaban J connectivity index is 1.98. The number of aryl methyl sites for hydroxylation is 1. The Morgan fingerprint density at radius 2 is 2.32 bits per heavy atom. The summed E-state index contributed by atoms with van der Waals surface area (Å²) in [6.45, 7) is 4.29. The van der Waals surface area contributed by atoms with Crippen LogP contribution in [0.1, 0.15) is 30.2 Å². The first-order chi connectivity index (χ1) is 9.06. The van der Waals surface area contributed by atoms with Crippen LogP contribution in [0.5, 0.6) is 0 Å². The van der Waals surface area contributed by atoms with Crippen molar-refractivity contribution >= 4 is 5.69 Å². The van der Waals surface area contributed by atoms with Gasteiger partial charge in [-0.25, -0.2) is 4.98 Å². The second-order valence-corrected chi connectivity index (χ2v) is 4.34. The lowest BCUT2D eigenvalue weighted by atomic mass is 10.2. The largest absolute Gasteiger partial charge is 0.444 e. The lowest BCUT2D eigenvalue weighted by molar-refractivity contribution is -0.384. The van der Waals surface area contributed by atoms with Crippen LogP contribution in [-0.4, -0.2) is 9.91 Å². The third-order valence-electron chi connectivity index (χ3n) is 2.74. The summed E-state index contributed by atoms with van der Waals surface area (Å²) in [5.74, 6) is 1.38. The van der Waals surface area contributed by atoms with Gasteiger partial charge in [0, 0.05) is 18.7 Å². The van der Waals surface area contributed by atoms with E-state index in [1.54, 1.807) is 18.3 Å². The van der Waals surface area contributed by atoms with Crippen LogP contribution in [0.3, 0.4) is 0 Å². The molecule has 2 rings (SSSR count). The van der Waals surface area contributed by atoms with Gasteiger partial charge in [-0.1, -0.05) is 12.1 Å². The van der Waals surface area contributed by atoms with Crippen molar-refractivity contribution in [3.63, 3.8) is 0 Å². The van der Waals surface area contributed by atoms with Gasteiger partial charge >= 0.3 is 0 Å². The fourth-order valence-corrected chi connectivity index (χ4v) is 1.71. The fourth-order valence-electron chi connectivity index (χ4n) is 1.71. The molecule has 0 saturated heterocycles. The maximum Gasteiger partial charge on any atom is 0.269 e. The number of hydrogen-bond acceptors (Lipinski definition) is 5. The van der Waals surface area contributed by atoms with E-state index in [-0.39, 0.29) is 11.7 Å². The molecule has 1 heterocycles. The first kappa shape index (κ1) is 13.2. The highest BCUT2D eigenvalue weighted by Gasteiger charge is 2.11. The monoisotopic (exact) mass is 261 g/mol. The highest BCUT2D eigenvalue weighted by atomic mass is 16.6. The van der Waals surface area contributed by atoms with Crippen molar-refractivity contribution in [2.24, 2.45) is 0 Å². The molecular formula is C13H15N3O3. The minimum Gasteiger partial charge on any atom is -0.444 e. The molecule has 1 aromatic heterocycles. The van der Waals surface area contributed by atoms with Gasteiger partial charge in [-0.15, -0.1) is 0 Å². The van der Waals surface area contributed by atoms with Crippen LogP contribution in [0.25, 0.3) is 0 Å². The molecule has 2 aromatic rings. The van der Waals surface area contributed by atoms with Gasteiger partial charge in [0.05, 0.1) is 17.2 Å². The molecule has 1 atom stereocenters. The van der Waals surface area contributed by atoms with E-state index in [0.717, 1.165) is 11.3 Å². The summed E-state index contributed by atoms with van der Waals surface area (Å²) in [5, 5.41) is 13.9. The van der Waals surface area contributed by atoms with E-state index in [1.165, 1.54) is 6.07 Å². The summed E-state index contributed by atoms with van der Waals surface area (Å²) < 4.78 is 5.41. The Labute approximate surface area is 110 Å². The molecule has 0 aliphatic rings. The van der Waals surface area contributed by atoms with Crippen LogP contribution in [0, 0.1) is 17.0 Å². The highest BCUT2D eigenvalue weighted by molar-refractivity contribution is 5.34. The standard InChI is InChI=1S/C13H15N3O3/c1-9-7-15-13(19-9)10(2)14-8-11-4-3-5-12(6-11)16(17)18/h3-7,10,14H,8H2,1-2H3/t10-/m1/s1. The van der Waals surface area contributed by atoms with E-state index in [0.29, 0.717) is 12.4 Å². The second kappa shape index (κ2) is 5.62. The van der Waals surface area contributed by atoms with Crippen molar-refractivity contribution in [2.75, 3.05) is 0 Å². The molecule has 0 bridgehead atoms. The molecule has 0 spiro atoms. The van der Waals surface area contributed by atoms with Crippen LogP contribution in [0.15, 0.2) is 34.9 Å². The number of aromatic nitrogens is 1. The van der Waals surface area contributed by atoms with E-state index < -0.39 is 4.92 Å². The number of nitro benzene ring substituents is 1. The number of oxazole rings is 1. The third-order valence-corrected chi connectivity index (χ3v) is 2.74. The molecule has 0 aliphatic heterocycles. The van der Waals surface area contributed by atoms with E-state index in [1.807, 2.05) is 19.9 Å². The lowest BCUT2D eigenvalue weighted by Crippen LogP contribution is -2.18. The van der Waals surface area contributed by atoms with Gasteiger partial charge in [-0.05, 0) is 19.4 Å². The van der Waals surface area contributed by atoms with Crippen molar-refractivity contribution < 1.29 is 9.34 Å². The van der Waals surface area contributed by atoms with Crippen LogP contribution in [-0.2, 0) is 6.54 Å². The van der Waals surface area contributed by atoms with E-state index in [9.17, 15) is 10.1 Å². The van der Waals surface area contributed by atoms with Crippen LogP contribution < -0.4 is 5.32 Å². The molecule has 0 saturated carbocycles. The van der Waals surface area contributed by atoms with Gasteiger partial charge in [-0.3, -0.25) is 10.1 Å². The average Bonchev–Trinajstić information content (AvgIpc) is 2.83. The molecule has 1 aromatic carbocycles. The number of nitro groups is 1. The van der Waals surface area contributed by atoms with E-state index in [4.69, 9.17) is 4.42 Å². The molecule has 100 valence electrons. The lowest BCUT2D eigenvalue weighted by Gasteiger charge is -2.10. The van der Waals surface area contributed by atoms with Gasteiger partial charge in [0.2, 0.25) is 5.89 Å². The number of rotatable bonds is 5. The third kappa shape index (κ3) is 3.38. The molecular weight excluding hydrogens is 246 g/mol. The summed E-state index contributed by atoms with van der Waals surface area (Å²) in [7, 11) is 0. The van der Waals surface area contributed by atoms with Crippen molar-refractivity contribution in [2.45, 2.75) is 26.4 Å². The molecule has 6 nitrogen and oxygen atoms in total. The van der Waals surface area contributed by atoms with Crippen molar-refractivity contribution in [3.8, 4) is 0 Å². The van der Waals surface area contributed by atoms with Crippen molar-refractivity contribution in [1.29, 1.82) is 0 Å². The predicted octanol–water partition coefficient (Wildman–Crippen LogP) is 2.74. The first-order valence-electron chi connectivity index (χ1n) is 5.95. The minimum atomic E-state index is -0.398. The zero-order valence-electron chi connectivity index (χ0n) is 10.8. The number of non-ortho nitro benzene ring substituents is 1. The van der Waals surface area contributed by atoms with Crippen molar-refractivity contribution in [3.05, 3.63) is 57.8 Å². The molecule has 0 amide bonds. The molecule has 0 fully saturated rings. The van der Waals surface area contributed by atoms with E-state index >= 15 is 0 Å². The number of hydrogen-bond donors (Lipinski definition) is 1. The number of benzene rings is 1. The molecule has 19 heavy (non-hydrogen) atoms. The van der Waals surface area contributed by atoms with Crippen LogP contribution >= 0.6 is 0 Å². The molecule has 0 radical (unpaired) electrons. The van der Waals surface area contributed by atoms with Gasteiger partial charge in [0.15, 0.2) is 0 Å². The second-order valence-electron chi connectivity index (χ2n) is 4.34. The average molecular weight is 261 g/mol. The minimum absolute atomic E-state index is 0.0482. The van der Waals surface area contributed by atoms with Crippen LogP contribution in [0.2, 0.25) is 0 Å². The Morgan fingerprint density at radius 3 is 2.95 bits per heavy atom. The molecule has 0 unspecified atom stereocenters. The predicted molar refractivity (Wildman–Crippen MR) is 69.6 cm³/mol. The number of nitrogens with one attached hydrogen (secondary N) is 1. The Hall–Kier alpha value is -2.21. The van der Waals surface area contributed by atoms with Gasteiger partial charge in [0.1, 0.15) is 5.76 Å². The summed E-state index contributed by atoms with van der Waals surface area (Å²) in [4.78, 5) is 14.4. The summed E-state index contributed by atoms with van der Waals surface area (Å²) in [5.41, 5.74) is 0.947. The smallest absolute Gasteiger partial charge is 0.269 e. The molecule has 6 heteroatoms. The summed E-state index contributed by atoms with van der Waals surface area (Å²) >= 11 is 0. The zero-order valence-corrected chi connectivity index (χ0v) is 10.8. The Bertz CT molecular complexity index is 580. The molecule has 0 aliphatic carbocycles. The quantitative estimate of drug-likeness (QED) is 0.661. The number of nitrogens with zero attached hydrogens (tertiary/aromatic N) is 2. The van der Waals surface area contributed by atoms with Gasteiger partial charge in [0.25, 0.3) is 5.69 Å². The van der Waals surface area contributed by atoms with E-state index in [2.05, 4.69) is 10.3 Å². The SMILES string of the molecule is Cc1cnc([C@@H](C)NCc2cccc([N+](=O)[O-])c2)o1. The zero-order chi connectivity index (χ0) is 13.8. The molecule has 1 N–H and O–H groups in total. The Morgan fingerprint density at radius 1 is 1.53 bits per heavy atom. The topological polar surface area (TPSA) is 81.2 Å².